The third-order valence-corrected chi connectivity index (χ3v) is 3.81. The van der Waals surface area contributed by atoms with Gasteiger partial charge in [-0.15, -0.1) is 0 Å². The molecule has 4 nitrogen and oxygen atoms in total. The van der Waals surface area contributed by atoms with Gasteiger partial charge >= 0.3 is 0 Å². The maximum atomic E-state index is 12.5. The predicted octanol–water partition coefficient (Wildman–Crippen LogP) is 4.66. The van der Waals surface area contributed by atoms with Gasteiger partial charge in [0.25, 0.3) is 0 Å². The van der Waals surface area contributed by atoms with Gasteiger partial charge in [0.05, 0.1) is 12.7 Å². The summed E-state index contributed by atoms with van der Waals surface area (Å²) in [6.45, 7) is 4.52. The molecule has 0 bridgehead atoms. The van der Waals surface area contributed by atoms with Gasteiger partial charge < -0.3 is 14.2 Å². The maximum absolute atomic E-state index is 12.5. The van der Waals surface area contributed by atoms with E-state index in [0.717, 1.165) is 5.56 Å². The molecule has 0 atom stereocenters. The highest BCUT2D eigenvalue weighted by molar-refractivity contribution is 6.14. The first-order valence-corrected chi connectivity index (χ1v) is 8.06. The van der Waals surface area contributed by atoms with Gasteiger partial charge in [-0.25, -0.2) is 0 Å². The number of hydrogen-bond acceptors (Lipinski definition) is 4. The molecule has 0 saturated carbocycles. The number of fused-ring (bicyclic) bond motifs is 1. The number of rotatable bonds is 5. The predicted molar refractivity (Wildman–Crippen MR) is 97.3 cm³/mol. The Hall–Kier alpha value is -3.01. The summed E-state index contributed by atoms with van der Waals surface area (Å²) in [6, 6.07) is 12.7. The third-order valence-electron chi connectivity index (χ3n) is 3.81. The van der Waals surface area contributed by atoms with Crippen LogP contribution in [-0.4, -0.2) is 19.5 Å². The maximum Gasteiger partial charge on any atom is 0.231 e. The van der Waals surface area contributed by atoms with Crippen molar-refractivity contribution in [2.45, 2.75) is 13.8 Å². The Morgan fingerprint density at radius 1 is 1.16 bits per heavy atom. The lowest BCUT2D eigenvalue weighted by molar-refractivity contribution is 0.101. The molecule has 0 fully saturated rings. The minimum Gasteiger partial charge on any atom is -0.496 e. The number of ether oxygens (including phenoxy) is 3. The van der Waals surface area contributed by atoms with Crippen LogP contribution in [0.3, 0.4) is 0 Å². The number of hydrogen-bond donors (Lipinski definition) is 0. The molecule has 128 valence electrons. The Bertz CT molecular complexity index is 858. The Kier molecular flexibility index (Phi) is 4.89. The van der Waals surface area contributed by atoms with Gasteiger partial charge in [0.2, 0.25) is 5.78 Å². The summed E-state index contributed by atoms with van der Waals surface area (Å²) in [4.78, 5) is 12.5. The first-order chi connectivity index (χ1) is 12.1. The molecule has 2 aromatic rings. The molecule has 1 heterocycles. The van der Waals surface area contributed by atoms with E-state index in [1.807, 2.05) is 44.2 Å². The van der Waals surface area contributed by atoms with Crippen LogP contribution in [0.2, 0.25) is 0 Å². The van der Waals surface area contributed by atoms with Gasteiger partial charge in [-0.2, -0.15) is 0 Å². The van der Waals surface area contributed by atoms with Crippen LogP contribution in [0, 0.1) is 0 Å². The van der Waals surface area contributed by atoms with Crippen molar-refractivity contribution in [1.82, 2.24) is 0 Å². The van der Waals surface area contributed by atoms with E-state index < -0.39 is 0 Å². The van der Waals surface area contributed by atoms with Crippen LogP contribution >= 0.6 is 0 Å². The first kappa shape index (κ1) is 16.8. The highest BCUT2D eigenvalue weighted by Gasteiger charge is 2.28. The Balaban J connectivity index is 1.83. The number of carbonyl (C=O) groups is 1. The molecule has 1 aliphatic rings. The van der Waals surface area contributed by atoms with Crippen molar-refractivity contribution < 1.29 is 19.0 Å². The second-order valence-electron chi connectivity index (χ2n) is 5.93. The van der Waals surface area contributed by atoms with E-state index in [9.17, 15) is 4.79 Å². The van der Waals surface area contributed by atoms with Crippen LogP contribution in [-0.2, 0) is 0 Å². The van der Waals surface area contributed by atoms with E-state index in [0.29, 0.717) is 29.4 Å². The Labute approximate surface area is 147 Å². The number of benzene rings is 2. The van der Waals surface area contributed by atoms with E-state index in [1.54, 1.807) is 31.4 Å². The zero-order valence-corrected chi connectivity index (χ0v) is 14.5. The van der Waals surface area contributed by atoms with Crippen molar-refractivity contribution in [3.05, 3.63) is 71.0 Å². The minimum atomic E-state index is -0.142. The normalized spacial score (nSPS) is 14.0. The molecular weight excluding hydrogens is 316 g/mol. The molecule has 2 aromatic carbocycles. The molecule has 25 heavy (non-hydrogen) atoms. The molecule has 4 heteroatoms. The molecule has 0 saturated heterocycles. The van der Waals surface area contributed by atoms with Crippen LogP contribution in [0.25, 0.3) is 6.08 Å². The number of methoxy groups -OCH3 is 1. The number of ketones is 1. The van der Waals surface area contributed by atoms with Gasteiger partial charge in [-0.3, -0.25) is 4.79 Å². The summed E-state index contributed by atoms with van der Waals surface area (Å²) in [5.74, 6) is 2.01. The molecule has 0 unspecified atom stereocenters. The van der Waals surface area contributed by atoms with E-state index in [1.165, 1.54) is 5.57 Å². The van der Waals surface area contributed by atoms with Gasteiger partial charge in [0.1, 0.15) is 23.9 Å². The number of carbonyl (C=O) groups excluding carboxylic acids is 1. The molecule has 0 N–H and O–H groups in total. The Morgan fingerprint density at radius 2 is 1.96 bits per heavy atom. The third kappa shape index (κ3) is 3.74. The van der Waals surface area contributed by atoms with E-state index in [-0.39, 0.29) is 11.5 Å². The highest BCUT2D eigenvalue weighted by Crippen LogP contribution is 2.35. The number of allylic oxidation sites excluding steroid dienone is 2. The monoisotopic (exact) mass is 336 g/mol. The molecule has 3 rings (SSSR count). The fourth-order valence-electron chi connectivity index (χ4n) is 2.49. The molecule has 1 aliphatic heterocycles. The van der Waals surface area contributed by atoms with E-state index in [2.05, 4.69) is 0 Å². The molecule has 0 spiro atoms. The van der Waals surface area contributed by atoms with Crippen LogP contribution in [0.5, 0.6) is 17.2 Å². The molecular formula is C21H20O4. The van der Waals surface area contributed by atoms with Gasteiger partial charge in [-0.05, 0) is 44.2 Å². The topological polar surface area (TPSA) is 44.8 Å². The summed E-state index contributed by atoms with van der Waals surface area (Å²) in [5.41, 5.74) is 2.52. The number of Topliss-reactive ketones (excluding diaryl/α,β-unsaturated/α-hetero) is 1. The minimum absolute atomic E-state index is 0.142. The molecule has 0 aliphatic carbocycles. The standard InChI is InChI=1S/C21H20O4/c1-14(2)10-11-24-16-8-9-17-19(13-16)25-20(21(17)22)12-15-6-4-5-7-18(15)23-3/h4-10,12-13H,11H2,1-3H3/b20-12+. The van der Waals surface area contributed by atoms with Gasteiger partial charge in [0.15, 0.2) is 5.76 Å². The van der Waals surface area contributed by atoms with Gasteiger partial charge in [0, 0.05) is 11.6 Å². The van der Waals surface area contributed by atoms with Crippen LogP contribution < -0.4 is 14.2 Å². The molecule has 0 amide bonds. The zero-order chi connectivity index (χ0) is 17.8. The summed E-state index contributed by atoms with van der Waals surface area (Å²) in [5, 5.41) is 0. The lowest BCUT2D eigenvalue weighted by Crippen LogP contribution is -1.98. The fourth-order valence-corrected chi connectivity index (χ4v) is 2.49. The second kappa shape index (κ2) is 7.26. The van der Waals surface area contributed by atoms with Crippen molar-refractivity contribution in [3.63, 3.8) is 0 Å². The van der Waals surface area contributed by atoms with E-state index >= 15 is 0 Å². The van der Waals surface area contributed by atoms with Crippen molar-refractivity contribution in [2.24, 2.45) is 0 Å². The summed E-state index contributed by atoms with van der Waals surface area (Å²) in [7, 11) is 1.60. The SMILES string of the molecule is COc1ccccc1/C=C1/Oc2cc(OCC=C(C)C)ccc2C1=O. The first-order valence-electron chi connectivity index (χ1n) is 8.06. The lowest BCUT2D eigenvalue weighted by Gasteiger charge is -2.05. The number of para-hydroxylation sites is 1. The van der Waals surface area contributed by atoms with E-state index in [4.69, 9.17) is 14.2 Å². The quantitative estimate of drug-likeness (QED) is 0.588. The molecule has 0 radical (unpaired) electrons. The average Bonchev–Trinajstić information content (AvgIpc) is 2.90. The van der Waals surface area contributed by atoms with Crippen LogP contribution in [0.4, 0.5) is 0 Å². The summed E-state index contributed by atoms with van der Waals surface area (Å²) >= 11 is 0. The zero-order valence-electron chi connectivity index (χ0n) is 14.5. The van der Waals surface area contributed by atoms with Crippen molar-refractivity contribution in [1.29, 1.82) is 0 Å². The smallest absolute Gasteiger partial charge is 0.231 e. The van der Waals surface area contributed by atoms with Crippen molar-refractivity contribution in [3.8, 4) is 17.2 Å². The highest BCUT2D eigenvalue weighted by atomic mass is 16.5. The summed E-state index contributed by atoms with van der Waals surface area (Å²) in [6.07, 6.45) is 3.69. The second-order valence-corrected chi connectivity index (χ2v) is 5.93. The van der Waals surface area contributed by atoms with Crippen molar-refractivity contribution in [2.75, 3.05) is 13.7 Å². The van der Waals surface area contributed by atoms with Gasteiger partial charge in [-0.1, -0.05) is 23.8 Å². The molecule has 0 aromatic heterocycles. The fraction of sp³-hybridized carbons (Fsp3) is 0.190. The van der Waals surface area contributed by atoms with Crippen LogP contribution in [0.1, 0.15) is 29.8 Å². The average molecular weight is 336 g/mol. The Morgan fingerprint density at radius 3 is 2.72 bits per heavy atom. The summed E-state index contributed by atoms with van der Waals surface area (Å²) < 4.78 is 16.7. The van der Waals surface area contributed by atoms with Crippen LogP contribution in [0.15, 0.2) is 59.9 Å². The van der Waals surface area contributed by atoms with Crippen molar-refractivity contribution >= 4 is 11.9 Å². The largest absolute Gasteiger partial charge is 0.496 e. The lowest BCUT2D eigenvalue weighted by atomic mass is 10.1.